The lowest BCUT2D eigenvalue weighted by atomic mass is 10.0. The van der Waals surface area contributed by atoms with Crippen LogP contribution < -0.4 is 0 Å². The van der Waals surface area contributed by atoms with Crippen molar-refractivity contribution in [3.63, 3.8) is 0 Å². The molecule has 3 aliphatic rings. The Bertz CT molecular complexity index is 674. The summed E-state index contributed by atoms with van der Waals surface area (Å²) in [6.07, 6.45) is -1.97. The lowest BCUT2D eigenvalue weighted by molar-refractivity contribution is -0.165. The summed E-state index contributed by atoms with van der Waals surface area (Å²) < 4.78 is 48.5. The number of hydrogen-bond donors (Lipinski definition) is 0. The highest BCUT2D eigenvalue weighted by Gasteiger charge is 2.52. The summed E-state index contributed by atoms with van der Waals surface area (Å²) in [5.41, 5.74) is 0. The Morgan fingerprint density at radius 3 is 1.82 bits per heavy atom. The Morgan fingerprint density at radius 1 is 0.893 bits per heavy atom. The van der Waals surface area contributed by atoms with Gasteiger partial charge in [0.05, 0.1) is 29.8 Å². The summed E-state index contributed by atoms with van der Waals surface area (Å²) in [5, 5.41) is 0. The van der Waals surface area contributed by atoms with Crippen LogP contribution in [0.3, 0.4) is 0 Å². The Balaban J connectivity index is 1.47. The predicted octanol–water partition coefficient (Wildman–Crippen LogP) is 2.21. The first-order valence-corrected chi connectivity index (χ1v) is 10.9. The molecule has 1 aromatic carbocycles. The van der Waals surface area contributed by atoms with Crippen LogP contribution >= 0.6 is 0 Å². The van der Waals surface area contributed by atoms with Gasteiger partial charge in [-0.1, -0.05) is 18.2 Å². The fraction of sp³-hybridized carbons (Fsp3) is 0.700. The molecule has 1 aromatic rings. The van der Waals surface area contributed by atoms with Crippen LogP contribution in [0.25, 0.3) is 0 Å². The minimum Gasteiger partial charge on any atom is -0.348 e. The summed E-state index contributed by atoms with van der Waals surface area (Å²) in [6, 6.07) is 9.31. The van der Waals surface area contributed by atoms with Crippen LogP contribution in [-0.4, -0.2) is 65.5 Å². The van der Waals surface area contributed by atoms with Crippen molar-refractivity contribution in [1.29, 1.82) is 0 Å². The average molecular weight is 413 g/mol. The Morgan fingerprint density at radius 2 is 1.39 bits per heavy atom. The highest BCUT2D eigenvalue weighted by atomic mass is 32.2. The van der Waals surface area contributed by atoms with E-state index in [4.69, 9.17) is 28.4 Å². The van der Waals surface area contributed by atoms with Crippen molar-refractivity contribution < 1.29 is 32.6 Å². The maximum absolute atomic E-state index is 12.7. The fourth-order valence-corrected chi connectivity index (χ4v) is 4.82. The van der Waals surface area contributed by atoms with E-state index < -0.39 is 28.7 Å². The van der Waals surface area contributed by atoms with Gasteiger partial charge >= 0.3 is 0 Å². The molecule has 0 spiro atoms. The highest BCUT2D eigenvalue weighted by Crippen LogP contribution is 2.37. The molecule has 0 aromatic heterocycles. The maximum Gasteiger partial charge on any atom is 0.170 e. The van der Waals surface area contributed by atoms with Crippen LogP contribution in [0.4, 0.5) is 0 Å². The lowest BCUT2D eigenvalue weighted by Crippen LogP contribution is -2.45. The molecule has 3 saturated heterocycles. The van der Waals surface area contributed by atoms with Gasteiger partial charge in [-0.3, -0.25) is 4.21 Å². The van der Waals surface area contributed by atoms with Crippen molar-refractivity contribution in [3.05, 3.63) is 30.3 Å². The van der Waals surface area contributed by atoms with E-state index in [0.717, 1.165) is 4.90 Å². The third kappa shape index (κ3) is 4.48. The van der Waals surface area contributed by atoms with E-state index in [9.17, 15) is 4.21 Å². The van der Waals surface area contributed by atoms with E-state index >= 15 is 0 Å². The summed E-state index contributed by atoms with van der Waals surface area (Å²) in [6.45, 7) is 8.30. The fourth-order valence-electron chi connectivity index (χ4n) is 3.76. The summed E-state index contributed by atoms with van der Waals surface area (Å²) in [5.74, 6) is -1.10. The van der Waals surface area contributed by atoms with Gasteiger partial charge in [0.25, 0.3) is 0 Å². The number of hydrogen-bond acceptors (Lipinski definition) is 7. The molecule has 0 bridgehead atoms. The number of rotatable bonds is 5. The van der Waals surface area contributed by atoms with Gasteiger partial charge in [0, 0.05) is 4.90 Å². The van der Waals surface area contributed by atoms with E-state index in [0.29, 0.717) is 13.2 Å². The molecule has 8 heteroatoms. The van der Waals surface area contributed by atoms with Gasteiger partial charge in [-0.2, -0.15) is 0 Å². The molecule has 3 fully saturated rings. The lowest BCUT2D eigenvalue weighted by Gasteiger charge is -2.27. The van der Waals surface area contributed by atoms with Gasteiger partial charge in [-0.15, -0.1) is 0 Å². The number of benzene rings is 1. The minimum absolute atomic E-state index is 0.241. The van der Waals surface area contributed by atoms with E-state index in [1.807, 2.05) is 58.0 Å². The second kappa shape index (κ2) is 7.75. The molecule has 3 heterocycles. The van der Waals surface area contributed by atoms with Crippen molar-refractivity contribution in [2.45, 2.75) is 74.9 Å². The van der Waals surface area contributed by atoms with Gasteiger partial charge in [0.2, 0.25) is 0 Å². The highest BCUT2D eigenvalue weighted by molar-refractivity contribution is 7.85. The van der Waals surface area contributed by atoms with E-state index in [2.05, 4.69) is 0 Å². The zero-order chi connectivity index (χ0) is 19.9. The predicted molar refractivity (Wildman–Crippen MR) is 101 cm³/mol. The quantitative estimate of drug-likeness (QED) is 0.734. The normalized spacial score (nSPS) is 36.0. The van der Waals surface area contributed by atoms with Gasteiger partial charge < -0.3 is 28.4 Å². The summed E-state index contributed by atoms with van der Waals surface area (Å²) in [7, 11) is -1.23. The SMILES string of the molecule is CC1(C)OC[C@H]([C@H]2OC(CS(=O)c3ccccc3)O[C@@H]2[C@H]2COC(C)(C)O2)O1. The number of ether oxygens (including phenoxy) is 6. The molecule has 0 radical (unpaired) electrons. The van der Waals surface area contributed by atoms with E-state index in [-0.39, 0.29) is 30.2 Å². The topological polar surface area (TPSA) is 72.5 Å². The molecular formula is C20H28O7S. The Labute approximate surface area is 168 Å². The van der Waals surface area contributed by atoms with Gasteiger partial charge in [-0.25, -0.2) is 0 Å². The molecule has 1 unspecified atom stereocenters. The first-order chi connectivity index (χ1) is 13.2. The molecule has 5 atom stereocenters. The van der Waals surface area contributed by atoms with Crippen molar-refractivity contribution in [2.75, 3.05) is 19.0 Å². The van der Waals surface area contributed by atoms with Gasteiger partial charge in [0.15, 0.2) is 17.9 Å². The van der Waals surface area contributed by atoms with Crippen LogP contribution in [-0.2, 0) is 39.2 Å². The first kappa shape index (κ1) is 20.4. The average Bonchev–Trinajstić information content (AvgIpc) is 3.32. The third-order valence-electron chi connectivity index (χ3n) is 5.03. The molecule has 7 nitrogen and oxygen atoms in total. The van der Waals surface area contributed by atoms with Crippen LogP contribution in [0.2, 0.25) is 0 Å². The van der Waals surface area contributed by atoms with Gasteiger partial charge in [0.1, 0.15) is 24.4 Å². The van der Waals surface area contributed by atoms with Crippen molar-refractivity contribution >= 4 is 10.8 Å². The zero-order valence-corrected chi connectivity index (χ0v) is 17.5. The Kier molecular flexibility index (Phi) is 5.65. The zero-order valence-electron chi connectivity index (χ0n) is 16.7. The van der Waals surface area contributed by atoms with E-state index in [1.54, 1.807) is 0 Å². The van der Waals surface area contributed by atoms with Crippen LogP contribution in [0.15, 0.2) is 35.2 Å². The molecule has 156 valence electrons. The summed E-state index contributed by atoms with van der Waals surface area (Å²) >= 11 is 0. The largest absolute Gasteiger partial charge is 0.348 e. The minimum atomic E-state index is -1.23. The molecule has 0 saturated carbocycles. The van der Waals surface area contributed by atoms with Crippen molar-refractivity contribution in [3.8, 4) is 0 Å². The van der Waals surface area contributed by atoms with Gasteiger partial charge in [-0.05, 0) is 39.8 Å². The second-order valence-electron chi connectivity index (χ2n) is 8.19. The monoisotopic (exact) mass is 412 g/mol. The molecule has 3 aliphatic heterocycles. The molecule has 0 amide bonds. The Hall–Kier alpha value is -0.870. The smallest absolute Gasteiger partial charge is 0.170 e. The molecule has 0 N–H and O–H groups in total. The molecule has 28 heavy (non-hydrogen) atoms. The first-order valence-electron chi connectivity index (χ1n) is 9.60. The standard InChI is InChI=1S/C20H28O7S/c1-19(2)22-10-14(26-19)17-18(15-11-23-20(3,4)27-15)25-16(24-17)12-28(21)13-8-6-5-7-9-13/h5-9,14-18H,10-12H2,1-4H3/t14-,15-,17-,18-,28?/m1/s1. The van der Waals surface area contributed by atoms with Crippen LogP contribution in [0.1, 0.15) is 27.7 Å². The third-order valence-corrected chi connectivity index (χ3v) is 6.40. The summed E-state index contributed by atoms with van der Waals surface area (Å²) in [4.78, 5) is 0.748. The molecule has 0 aliphatic carbocycles. The van der Waals surface area contributed by atoms with Crippen molar-refractivity contribution in [1.82, 2.24) is 0 Å². The van der Waals surface area contributed by atoms with Crippen molar-refractivity contribution in [2.24, 2.45) is 0 Å². The van der Waals surface area contributed by atoms with Crippen LogP contribution in [0, 0.1) is 0 Å². The molecule has 4 rings (SSSR count). The van der Waals surface area contributed by atoms with E-state index in [1.165, 1.54) is 0 Å². The molecular weight excluding hydrogens is 384 g/mol. The maximum atomic E-state index is 12.7. The second-order valence-corrected chi connectivity index (χ2v) is 9.69. The van der Waals surface area contributed by atoms with Crippen LogP contribution in [0.5, 0.6) is 0 Å².